The van der Waals surface area contributed by atoms with Gasteiger partial charge >= 0.3 is 0 Å². The minimum Gasteiger partial charge on any atom is -0.372 e. The summed E-state index contributed by atoms with van der Waals surface area (Å²) in [5.74, 6) is -0.385. The van der Waals surface area contributed by atoms with Gasteiger partial charge < -0.3 is 15.5 Å². The van der Waals surface area contributed by atoms with Gasteiger partial charge in [0.15, 0.2) is 0 Å². The highest BCUT2D eigenvalue weighted by atomic mass is 16.2. The van der Waals surface area contributed by atoms with E-state index in [1.165, 1.54) is 19.3 Å². The van der Waals surface area contributed by atoms with Crippen LogP contribution in [0.3, 0.4) is 0 Å². The van der Waals surface area contributed by atoms with Gasteiger partial charge in [-0.25, -0.2) is 0 Å². The van der Waals surface area contributed by atoms with Crippen LogP contribution in [-0.2, 0) is 0 Å². The number of anilines is 2. The van der Waals surface area contributed by atoms with Crippen LogP contribution in [0.2, 0.25) is 0 Å². The molecule has 5 nitrogen and oxygen atoms in total. The van der Waals surface area contributed by atoms with E-state index in [-0.39, 0.29) is 11.8 Å². The van der Waals surface area contributed by atoms with Crippen LogP contribution in [0.5, 0.6) is 0 Å². The second-order valence-electron chi connectivity index (χ2n) is 6.85. The Labute approximate surface area is 160 Å². The topological polar surface area (TPSA) is 61.4 Å². The standard InChI is InChI=1S/C22H27N3O2/c1-2-14-23-22(27)19-8-4-5-9-20(19)24-21(26)17-10-12-18(13-11-17)25-15-6-3-7-16-25/h4-5,8-13H,2-3,6-7,14-16H2,1H3,(H,23,27)(H,24,26). The molecule has 27 heavy (non-hydrogen) atoms. The van der Waals surface area contributed by atoms with E-state index in [9.17, 15) is 9.59 Å². The molecule has 0 bridgehead atoms. The molecule has 1 fully saturated rings. The molecule has 1 aliphatic heterocycles. The summed E-state index contributed by atoms with van der Waals surface area (Å²) >= 11 is 0. The number of rotatable bonds is 6. The molecule has 2 aromatic rings. The summed E-state index contributed by atoms with van der Waals surface area (Å²) in [4.78, 5) is 27.3. The number of hydrogen-bond donors (Lipinski definition) is 2. The van der Waals surface area contributed by atoms with Crippen molar-refractivity contribution < 1.29 is 9.59 Å². The summed E-state index contributed by atoms with van der Waals surface area (Å²) in [7, 11) is 0. The fourth-order valence-corrected chi connectivity index (χ4v) is 3.29. The highest BCUT2D eigenvalue weighted by molar-refractivity contribution is 6.09. The van der Waals surface area contributed by atoms with Gasteiger partial charge in [0.1, 0.15) is 0 Å². The number of nitrogens with one attached hydrogen (secondary N) is 2. The number of nitrogens with zero attached hydrogens (tertiary/aromatic N) is 1. The molecule has 0 spiro atoms. The van der Waals surface area contributed by atoms with Crippen molar-refractivity contribution in [2.75, 3.05) is 29.9 Å². The molecule has 142 valence electrons. The van der Waals surface area contributed by atoms with Crippen LogP contribution in [0, 0.1) is 0 Å². The molecule has 3 rings (SSSR count). The van der Waals surface area contributed by atoms with Gasteiger partial charge in [0.25, 0.3) is 11.8 Å². The molecule has 2 amide bonds. The highest BCUT2D eigenvalue weighted by Crippen LogP contribution is 2.21. The Balaban J connectivity index is 1.69. The second-order valence-corrected chi connectivity index (χ2v) is 6.85. The third-order valence-electron chi connectivity index (χ3n) is 4.81. The third-order valence-corrected chi connectivity index (χ3v) is 4.81. The Bertz CT molecular complexity index is 780. The molecule has 0 aliphatic carbocycles. The lowest BCUT2D eigenvalue weighted by Gasteiger charge is -2.28. The Hall–Kier alpha value is -2.82. The summed E-state index contributed by atoms with van der Waals surface area (Å²) < 4.78 is 0. The lowest BCUT2D eigenvalue weighted by atomic mass is 10.1. The Morgan fingerprint density at radius 2 is 1.63 bits per heavy atom. The molecule has 2 aromatic carbocycles. The number of para-hydroxylation sites is 1. The Morgan fingerprint density at radius 1 is 0.926 bits per heavy atom. The average Bonchev–Trinajstić information content (AvgIpc) is 2.73. The van der Waals surface area contributed by atoms with Gasteiger partial charge in [-0.05, 0) is 62.1 Å². The quantitative estimate of drug-likeness (QED) is 0.811. The largest absolute Gasteiger partial charge is 0.372 e. The molecule has 0 unspecified atom stereocenters. The molecule has 0 saturated carbocycles. The van der Waals surface area contributed by atoms with Crippen LogP contribution >= 0.6 is 0 Å². The first-order chi connectivity index (χ1) is 13.2. The maximum atomic E-state index is 12.6. The van der Waals surface area contributed by atoms with E-state index >= 15 is 0 Å². The van der Waals surface area contributed by atoms with E-state index in [4.69, 9.17) is 0 Å². The lowest BCUT2D eigenvalue weighted by Crippen LogP contribution is -2.29. The van der Waals surface area contributed by atoms with Crippen molar-refractivity contribution in [2.45, 2.75) is 32.6 Å². The number of hydrogen-bond acceptors (Lipinski definition) is 3. The molecule has 2 N–H and O–H groups in total. The number of carbonyl (C=O) groups is 2. The maximum absolute atomic E-state index is 12.6. The predicted molar refractivity (Wildman–Crippen MR) is 110 cm³/mol. The second kappa shape index (κ2) is 9.21. The predicted octanol–water partition coefficient (Wildman–Crippen LogP) is 4.07. The van der Waals surface area contributed by atoms with Gasteiger partial charge in [-0.1, -0.05) is 19.1 Å². The first-order valence-corrected chi connectivity index (χ1v) is 9.72. The monoisotopic (exact) mass is 365 g/mol. The SMILES string of the molecule is CCCNC(=O)c1ccccc1NC(=O)c1ccc(N2CCCCC2)cc1. The zero-order chi connectivity index (χ0) is 19.1. The van der Waals surface area contributed by atoms with Crippen molar-refractivity contribution in [3.63, 3.8) is 0 Å². The maximum Gasteiger partial charge on any atom is 0.255 e. The van der Waals surface area contributed by atoms with Crippen LogP contribution in [0.1, 0.15) is 53.3 Å². The summed E-state index contributed by atoms with van der Waals surface area (Å²) in [6, 6.07) is 14.8. The zero-order valence-corrected chi connectivity index (χ0v) is 15.8. The number of carbonyl (C=O) groups excluding carboxylic acids is 2. The van der Waals surface area contributed by atoms with Crippen LogP contribution in [0.15, 0.2) is 48.5 Å². The molecular formula is C22H27N3O2. The lowest BCUT2D eigenvalue weighted by molar-refractivity contribution is 0.0954. The van der Waals surface area contributed by atoms with Crippen LogP contribution < -0.4 is 15.5 Å². The number of benzene rings is 2. The Morgan fingerprint density at radius 3 is 2.33 bits per heavy atom. The van der Waals surface area contributed by atoms with Gasteiger partial charge in [-0.15, -0.1) is 0 Å². The summed E-state index contributed by atoms with van der Waals surface area (Å²) in [5, 5.41) is 5.72. The molecule has 1 aliphatic rings. The summed E-state index contributed by atoms with van der Waals surface area (Å²) in [5.41, 5.74) is 2.74. The fourth-order valence-electron chi connectivity index (χ4n) is 3.29. The molecule has 0 radical (unpaired) electrons. The van der Waals surface area contributed by atoms with Crippen LogP contribution in [0.25, 0.3) is 0 Å². The van der Waals surface area contributed by atoms with Crippen LogP contribution in [-0.4, -0.2) is 31.4 Å². The zero-order valence-electron chi connectivity index (χ0n) is 15.8. The molecule has 0 atom stereocenters. The molecule has 0 aromatic heterocycles. The molecular weight excluding hydrogens is 338 g/mol. The average molecular weight is 365 g/mol. The number of amides is 2. The van der Waals surface area contributed by atoms with Gasteiger partial charge in [0.05, 0.1) is 11.3 Å². The first kappa shape index (κ1) is 19.0. The van der Waals surface area contributed by atoms with E-state index in [0.29, 0.717) is 23.4 Å². The first-order valence-electron chi connectivity index (χ1n) is 9.72. The van der Waals surface area contributed by atoms with E-state index in [1.807, 2.05) is 37.3 Å². The minimum absolute atomic E-state index is 0.173. The van der Waals surface area contributed by atoms with Gasteiger partial charge in [0, 0.05) is 30.9 Å². The fraction of sp³-hybridized carbons (Fsp3) is 0.364. The van der Waals surface area contributed by atoms with Gasteiger partial charge in [-0.3, -0.25) is 9.59 Å². The molecule has 1 saturated heterocycles. The van der Waals surface area contributed by atoms with E-state index in [2.05, 4.69) is 15.5 Å². The van der Waals surface area contributed by atoms with Crippen molar-refractivity contribution in [3.8, 4) is 0 Å². The van der Waals surface area contributed by atoms with Crippen molar-refractivity contribution in [1.29, 1.82) is 0 Å². The van der Waals surface area contributed by atoms with E-state index < -0.39 is 0 Å². The van der Waals surface area contributed by atoms with E-state index in [0.717, 1.165) is 25.2 Å². The smallest absolute Gasteiger partial charge is 0.255 e. The molecule has 5 heteroatoms. The minimum atomic E-state index is -0.212. The summed E-state index contributed by atoms with van der Waals surface area (Å²) in [6.45, 7) is 4.76. The van der Waals surface area contributed by atoms with Crippen molar-refractivity contribution >= 4 is 23.2 Å². The van der Waals surface area contributed by atoms with Crippen molar-refractivity contribution in [3.05, 3.63) is 59.7 Å². The normalized spacial score (nSPS) is 13.9. The molecule has 1 heterocycles. The van der Waals surface area contributed by atoms with Gasteiger partial charge in [0.2, 0.25) is 0 Å². The van der Waals surface area contributed by atoms with Crippen LogP contribution in [0.4, 0.5) is 11.4 Å². The van der Waals surface area contributed by atoms with E-state index in [1.54, 1.807) is 18.2 Å². The Kier molecular flexibility index (Phi) is 6.47. The van der Waals surface area contributed by atoms with Crippen molar-refractivity contribution in [2.24, 2.45) is 0 Å². The third kappa shape index (κ3) is 4.88. The highest BCUT2D eigenvalue weighted by Gasteiger charge is 2.15. The van der Waals surface area contributed by atoms with Crippen molar-refractivity contribution in [1.82, 2.24) is 5.32 Å². The summed E-state index contributed by atoms with van der Waals surface area (Å²) in [6.07, 6.45) is 4.60. The van der Waals surface area contributed by atoms with Gasteiger partial charge in [-0.2, -0.15) is 0 Å². The number of piperidine rings is 1.